The molecule has 0 bridgehead atoms. The van der Waals surface area contributed by atoms with Crippen molar-refractivity contribution in [2.45, 2.75) is 59.4 Å². The van der Waals surface area contributed by atoms with Gasteiger partial charge in [-0.3, -0.25) is 0 Å². The van der Waals surface area contributed by atoms with Crippen molar-refractivity contribution >= 4 is 29.1 Å². The standard InChI is InChI=1S/C32H37N7.ClH/c1-4-5-11-30-33-28-17-16-25(38-19-8-18-32(2,3)22-38)20-29(28)39(30)21-23-12-14-24(15-13-23)26-9-6-7-10-27(26)31-34-36-37-35-31;/h6-7,9-10,12-17,20H,4-5,8,11,18-19,21-22H2,1-3H3,(H,34,35,36,37);1H. The van der Waals surface area contributed by atoms with E-state index in [4.69, 9.17) is 4.98 Å². The molecule has 0 unspecified atom stereocenters. The fourth-order valence-corrected chi connectivity index (χ4v) is 5.88. The number of rotatable bonds is 8. The van der Waals surface area contributed by atoms with Gasteiger partial charge in [0.2, 0.25) is 5.82 Å². The second-order valence-corrected chi connectivity index (χ2v) is 11.6. The number of fused-ring (bicyclic) bond motifs is 1. The maximum Gasteiger partial charge on any atom is 0.205 e. The number of aryl methyl sites for hydroxylation is 1. The quantitative estimate of drug-likeness (QED) is 0.217. The Morgan fingerprint density at radius 2 is 1.77 bits per heavy atom. The number of piperidine rings is 1. The SMILES string of the molecule is CCCCc1nc2ccc(N3CCCC(C)(C)C3)cc2n1Cc1ccc(-c2ccccc2-c2nn[nH]n2)cc1.Cl. The summed E-state index contributed by atoms with van der Waals surface area (Å²) in [7, 11) is 0. The Bertz CT molecular complexity index is 1550. The van der Waals surface area contributed by atoms with Crippen LogP contribution in [-0.4, -0.2) is 43.3 Å². The molecule has 40 heavy (non-hydrogen) atoms. The van der Waals surface area contributed by atoms with Gasteiger partial charge in [-0.1, -0.05) is 75.7 Å². The van der Waals surface area contributed by atoms with Crippen LogP contribution in [0.1, 0.15) is 57.8 Å². The first kappa shape index (κ1) is 27.8. The number of halogens is 1. The van der Waals surface area contributed by atoms with Crippen LogP contribution in [-0.2, 0) is 13.0 Å². The predicted octanol–water partition coefficient (Wildman–Crippen LogP) is 7.32. The monoisotopic (exact) mass is 555 g/mol. The summed E-state index contributed by atoms with van der Waals surface area (Å²) in [5.41, 5.74) is 8.44. The molecule has 2 aromatic heterocycles. The Kier molecular flexibility index (Phi) is 8.22. The van der Waals surface area contributed by atoms with E-state index in [2.05, 4.69) is 99.4 Å². The maximum atomic E-state index is 5.09. The third-order valence-corrected chi connectivity index (χ3v) is 7.95. The average molecular weight is 556 g/mol. The molecule has 1 aliphatic heterocycles. The molecule has 208 valence electrons. The zero-order valence-corrected chi connectivity index (χ0v) is 24.4. The van der Waals surface area contributed by atoms with Gasteiger partial charge in [0.05, 0.1) is 11.0 Å². The fraction of sp³-hybridized carbons (Fsp3) is 0.375. The summed E-state index contributed by atoms with van der Waals surface area (Å²) in [6.45, 7) is 10.0. The summed E-state index contributed by atoms with van der Waals surface area (Å²) in [5, 5.41) is 14.7. The van der Waals surface area contributed by atoms with Gasteiger partial charge in [0.15, 0.2) is 0 Å². The van der Waals surface area contributed by atoms with E-state index < -0.39 is 0 Å². The Morgan fingerprint density at radius 3 is 2.50 bits per heavy atom. The molecule has 1 aliphatic rings. The summed E-state index contributed by atoms with van der Waals surface area (Å²) >= 11 is 0. The Balaban J connectivity index is 0.00000323. The summed E-state index contributed by atoms with van der Waals surface area (Å²) < 4.78 is 2.44. The third kappa shape index (κ3) is 5.75. The van der Waals surface area contributed by atoms with Gasteiger partial charge < -0.3 is 9.47 Å². The van der Waals surface area contributed by atoms with Gasteiger partial charge >= 0.3 is 0 Å². The first-order valence-electron chi connectivity index (χ1n) is 14.2. The Labute approximate surface area is 242 Å². The largest absolute Gasteiger partial charge is 0.371 e. The van der Waals surface area contributed by atoms with Crippen molar-refractivity contribution in [3.63, 3.8) is 0 Å². The van der Waals surface area contributed by atoms with Crippen LogP contribution < -0.4 is 4.90 Å². The van der Waals surface area contributed by atoms with Gasteiger partial charge in [0.25, 0.3) is 0 Å². The first-order chi connectivity index (χ1) is 19.0. The molecule has 1 saturated heterocycles. The van der Waals surface area contributed by atoms with E-state index in [1.54, 1.807) is 0 Å². The number of tetrazole rings is 1. The van der Waals surface area contributed by atoms with Crippen molar-refractivity contribution in [3.8, 4) is 22.5 Å². The number of aromatic amines is 1. The highest BCUT2D eigenvalue weighted by molar-refractivity contribution is 5.85. The second kappa shape index (κ2) is 11.8. The minimum atomic E-state index is 0. The van der Waals surface area contributed by atoms with Crippen molar-refractivity contribution in [2.75, 3.05) is 18.0 Å². The molecule has 7 nitrogen and oxygen atoms in total. The number of nitrogens with one attached hydrogen (secondary N) is 1. The van der Waals surface area contributed by atoms with E-state index in [1.165, 1.54) is 35.4 Å². The van der Waals surface area contributed by atoms with Crippen LogP contribution in [0.25, 0.3) is 33.5 Å². The van der Waals surface area contributed by atoms with Crippen molar-refractivity contribution in [3.05, 3.63) is 78.1 Å². The number of unbranched alkanes of at least 4 members (excludes halogenated alkanes) is 1. The van der Waals surface area contributed by atoms with E-state index in [-0.39, 0.29) is 12.4 Å². The molecular weight excluding hydrogens is 518 g/mol. The summed E-state index contributed by atoms with van der Waals surface area (Å²) in [6.07, 6.45) is 5.83. The van der Waals surface area contributed by atoms with Crippen LogP contribution in [0.5, 0.6) is 0 Å². The number of anilines is 1. The molecule has 0 atom stereocenters. The van der Waals surface area contributed by atoms with E-state index in [0.717, 1.165) is 61.1 Å². The zero-order chi connectivity index (χ0) is 26.8. The van der Waals surface area contributed by atoms with Gasteiger partial charge in [-0.15, -0.1) is 22.6 Å². The molecule has 0 saturated carbocycles. The number of hydrogen-bond donors (Lipinski definition) is 1. The first-order valence-corrected chi connectivity index (χ1v) is 14.2. The van der Waals surface area contributed by atoms with Gasteiger partial charge in [-0.25, -0.2) is 4.98 Å². The number of H-pyrrole nitrogens is 1. The van der Waals surface area contributed by atoms with Crippen molar-refractivity contribution in [1.82, 2.24) is 30.2 Å². The lowest BCUT2D eigenvalue weighted by Gasteiger charge is -2.39. The zero-order valence-electron chi connectivity index (χ0n) is 23.6. The Hall–Kier alpha value is -3.71. The smallest absolute Gasteiger partial charge is 0.205 e. The molecule has 1 N–H and O–H groups in total. The van der Waals surface area contributed by atoms with Gasteiger partial charge in [0, 0.05) is 37.3 Å². The second-order valence-electron chi connectivity index (χ2n) is 11.6. The highest BCUT2D eigenvalue weighted by Gasteiger charge is 2.27. The lowest BCUT2D eigenvalue weighted by molar-refractivity contribution is 0.293. The lowest BCUT2D eigenvalue weighted by atomic mass is 9.84. The molecule has 6 rings (SSSR count). The predicted molar refractivity (Wildman–Crippen MR) is 165 cm³/mol. The summed E-state index contributed by atoms with van der Waals surface area (Å²) in [4.78, 5) is 7.65. The lowest BCUT2D eigenvalue weighted by Crippen LogP contribution is -2.40. The maximum absolute atomic E-state index is 5.09. The van der Waals surface area contributed by atoms with Crippen molar-refractivity contribution in [1.29, 1.82) is 0 Å². The van der Waals surface area contributed by atoms with Crippen LogP contribution in [0.4, 0.5) is 5.69 Å². The van der Waals surface area contributed by atoms with Gasteiger partial charge in [-0.05, 0) is 64.8 Å². The van der Waals surface area contributed by atoms with Gasteiger partial charge in [0.1, 0.15) is 5.82 Å². The Morgan fingerprint density at radius 1 is 0.975 bits per heavy atom. The van der Waals surface area contributed by atoms with Crippen LogP contribution in [0, 0.1) is 5.41 Å². The van der Waals surface area contributed by atoms with Gasteiger partial charge in [-0.2, -0.15) is 5.21 Å². The van der Waals surface area contributed by atoms with E-state index in [0.29, 0.717) is 11.2 Å². The van der Waals surface area contributed by atoms with E-state index in [1.807, 2.05) is 18.2 Å². The highest BCUT2D eigenvalue weighted by atomic mass is 35.5. The molecule has 8 heteroatoms. The van der Waals surface area contributed by atoms with Crippen LogP contribution in [0.15, 0.2) is 66.7 Å². The molecule has 0 amide bonds. The molecule has 0 radical (unpaired) electrons. The topological polar surface area (TPSA) is 75.5 Å². The molecule has 3 heterocycles. The third-order valence-electron chi connectivity index (χ3n) is 7.95. The van der Waals surface area contributed by atoms with Crippen LogP contribution in [0.3, 0.4) is 0 Å². The number of hydrogen-bond acceptors (Lipinski definition) is 5. The molecule has 0 spiro atoms. The number of nitrogens with zero attached hydrogens (tertiary/aromatic N) is 6. The normalized spacial score (nSPS) is 14.8. The van der Waals surface area contributed by atoms with E-state index in [9.17, 15) is 0 Å². The summed E-state index contributed by atoms with van der Waals surface area (Å²) in [5.74, 6) is 1.78. The molecule has 3 aromatic carbocycles. The van der Waals surface area contributed by atoms with Crippen LogP contribution >= 0.6 is 12.4 Å². The fourth-order valence-electron chi connectivity index (χ4n) is 5.88. The minimum Gasteiger partial charge on any atom is -0.371 e. The van der Waals surface area contributed by atoms with Crippen LogP contribution in [0.2, 0.25) is 0 Å². The van der Waals surface area contributed by atoms with Crippen molar-refractivity contribution < 1.29 is 0 Å². The summed E-state index contributed by atoms with van der Waals surface area (Å²) in [6, 6.07) is 23.9. The highest BCUT2D eigenvalue weighted by Crippen LogP contribution is 2.34. The molecular formula is C32H38ClN7. The number of imidazole rings is 1. The molecule has 5 aromatic rings. The minimum absolute atomic E-state index is 0. The average Bonchev–Trinajstić information content (AvgIpc) is 3.60. The van der Waals surface area contributed by atoms with Crippen molar-refractivity contribution in [2.24, 2.45) is 5.41 Å². The number of aromatic nitrogens is 6. The number of benzene rings is 3. The molecule has 1 fully saturated rings. The van der Waals surface area contributed by atoms with E-state index >= 15 is 0 Å². The molecule has 0 aliphatic carbocycles.